The number of likely N-dealkylation sites (tertiary alicyclic amines) is 1. The first-order valence-corrected chi connectivity index (χ1v) is 10.2. The Labute approximate surface area is 163 Å². The number of halogens is 1. The minimum absolute atomic E-state index is 0. The molecule has 1 aromatic heterocycles. The van der Waals surface area contributed by atoms with E-state index in [9.17, 15) is 5.11 Å². The number of rotatable bonds is 4. The first-order valence-electron chi connectivity index (χ1n) is 10.2. The molecule has 0 spiro atoms. The van der Waals surface area contributed by atoms with E-state index in [0.29, 0.717) is 0 Å². The highest BCUT2D eigenvalue weighted by Gasteiger charge is 2.22. The first kappa shape index (κ1) is 19.7. The molecule has 2 aliphatic rings. The lowest BCUT2D eigenvalue weighted by molar-refractivity contribution is -0.00000786. The molecule has 4 rings (SSSR count). The number of benzene rings is 1. The predicted molar refractivity (Wildman–Crippen MR) is 104 cm³/mol. The fourth-order valence-corrected chi connectivity index (χ4v) is 4.84. The topological polar surface area (TPSA) is 28.4 Å². The van der Waals surface area contributed by atoms with E-state index in [1.165, 1.54) is 73.5 Å². The molecule has 144 valence electrons. The first-order chi connectivity index (χ1) is 12.2. The highest BCUT2D eigenvalue weighted by Crippen LogP contribution is 2.33. The highest BCUT2D eigenvalue weighted by atomic mass is 35.5. The molecule has 26 heavy (non-hydrogen) atoms. The van der Waals surface area contributed by atoms with E-state index in [2.05, 4.69) is 34.6 Å². The number of aryl methyl sites for hydroxylation is 2. The molecule has 1 aromatic carbocycles. The average molecular weight is 376 g/mol. The molecule has 1 saturated heterocycles. The summed E-state index contributed by atoms with van der Waals surface area (Å²) >= 11 is 0. The van der Waals surface area contributed by atoms with Crippen LogP contribution in [0, 0.1) is 6.92 Å². The number of fused-ring (bicyclic) bond motifs is 3. The van der Waals surface area contributed by atoms with Crippen molar-refractivity contribution in [3.05, 3.63) is 35.0 Å². The minimum Gasteiger partial charge on any atom is -1.00 e. The summed E-state index contributed by atoms with van der Waals surface area (Å²) in [5.74, 6) is 0. The Morgan fingerprint density at radius 1 is 0.962 bits per heavy atom. The van der Waals surface area contributed by atoms with E-state index in [-0.39, 0.29) is 18.5 Å². The molecule has 0 radical (unpaired) electrons. The van der Waals surface area contributed by atoms with Crippen LogP contribution in [0.25, 0.3) is 10.9 Å². The van der Waals surface area contributed by atoms with E-state index in [0.717, 1.165) is 26.2 Å². The predicted octanol–water partition coefficient (Wildman–Crippen LogP) is 1.07. The monoisotopic (exact) mass is 375 g/mol. The van der Waals surface area contributed by atoms with Gasteiger partial charge in [0.15, 0.2) is 0 Å². The van der Waals surface area contributed by atoms with Crippen molar-refractivity contribution in [2.45, 2.75) is 70.9 Å². The van der Waals surface area contributed by atoms with E-state index in [1.54, 1.807) is 5.56 Å². The third kappa shape index (κ3) is 4.11. The molecular weight excluding hydrogens is 344 g/mol. The Balaban J connectivity index is 0.00000196. The van der Waals surface area contributed by atoms with Crippen LogP contribution < -0.4 is 12.4 Å². The van der Waals surface area contributed by atoms with Crippen LogP contribution >= 0.6 is 0 Å². The zero-order valence-electron chi connectivity index (χ0n) is 16.0. The van der Waals surface area contributed by atoms with Crippen molar-refractivity contribution in [2.75, 3.05) is 19.6 Å². The van der Waals surface area contributed by atoms with Gasteiger partial charge in [-0.05, 0) is 76.2 Å². The van der Waals surface area contributed by atoms with E-state index in [4.69, 9.17) is 0 Å². The van der Waals surface area contributed by atoms with Crippen LogP contribution in [-0.4, -0.2) is 40.3 Å². The summed E-state index contributed by atoms with van der Waals surface area (Å²) in [6, 6.07) is 6.82. The molecule has 0 saturated carbocycles. The minimum atomic E-state index is -0.277. The molecule has 1 atom stereocenters. The van der Waals surface area contributed by atoms with Crippen molar-refractivity contribution in [2.24, 2.45) is 0 Å². The van der Waals surface area contributed by atoms with Crippen molar-refractivity contribution >= 4 is 10.9 Å². The molecule has 2 heterocycles. The Hall–Kier alpha value is -1.03. The summed E-state index contributed by atoms with van der Waals surface area (Å²) < 4.78 is 2.44. The Bertz CT molecular complexity index is 731. The Morgan fingerprint density at radius 3 is 2.46 bits per heavy atom. The van der Waals surface area contributed by atoms with Crippen LogP contribution in [0.2, 0.25) is 0 Å². The van der Waals surface area contributed by atoms with Crippen molar-refractivity contribution in [1.82, 2.24) is 9.47 Å². The maximum atomic E-state index is 10.8. The SMILES string of the molecule is Cc1ccc2c(c1)c1c(n2CC(O)CN2CCCCCC2)CCCC1.[Cl-]. The maximum Gasteiger partial charge on any atom is 0.0845 e. The number of nitrogens with zero attached hydrogens (tertiary/aromatic N) is 2. The van der Waals surface area contributed by atoms with Crippen molar-refractivity contribution in [1.29, 1.82) is 0 Å². The lowest BCUT2D eigenvalue weighted by Crippen LogP contribution is -3.00. The van der Waals surface area contributed by atoms with Crippen LogP contribution in [0.1, 0.15) is 55.3 Å². The van der Waals surface area contributed by atoms with Gasteiger partial charge in [-0.3, -0.25) is 0 Å². The van der Waals surface area contributed by atoms with Crippen LogP contribution in [0.3, 0.4) is 0 Å². The average Bonchev–Trinajstić information content (AvgIpc) is 2.77. The fraction of sp³-hybridized carbons (Fsp3) is 0.636. The van der Waals surface area contributed by atoms with Gasteiger partial charge in [0.1, 0.15) is 0 Å². The lowest BCUT2D eigenvalue weighted by Gasteiger charge is -2.25. The summed E-state index contributed by atoms with van der Waals surface area (Å²) in [6.07, 6.45) is 9.94. The number of β-amino-alcohol motifs (C(OH)–C–C–N with tert-alkyl or cyclic N) is 1. The molecular formula is C22H32ClN2O-. The molecule has 0 bridgehead atoms. The van der Waals surface area contributed by atoms with Crippen molar-refractivity contribution in [3.8, 4) is 0 Å². The van der Waals surface area contributed by atoms with Gasteiger partial charge in [0.2, 0.25) is 0 Å². The molecule has 4 heteroatoms. The van der Waals surface area contributed by atoms with Gasteiger partial charge in [-0.15, -0.1) is 0 Å². The molecule has 1 N–H and O–H groups in total. The largest absolute Gasteiger partial charge is 1.00 e. The highest BCUT2D eigenvalue weighted by molar-refractivity contribution is 5.86. The molecule has 1 fully saturated rings. The van der Waals surface area contributed by atoms with Gasteiger partial charge in [0.25, 0.3) is 0 Å². The molecule has 0 amide bonds. The van der Waals surface area contributed by atoms with Gasteiger partial charge in [0, 0.05) is 23.1 Å². The standard InChI is InChI=1S/C22H32N2O.ClH/c1-17-10-11-22-20(14-17)19-8-4-5-9-21(19)24(22)16-18(25)15-23-12-6-2-3-7-13-23;/h10-11,14,18,25H,2-9,12-13,15-16H2,1H3;1H/p-1. The molecule has 1 aliphatic heterocycles. The van der Waals surface area contributed by atoms with Gasteiger partial charge in [-0.1, -0.05) is 24.5 Å². The molecule has 1 unspecified atom stereocenters. The number of hydrogen-bond donors (Lipinski definition) is 1. The summed E-state index contributed by atoms with van der Waals surface area (Å²) in [7, 11) is 0. The van der Waals surface area contributed by atoms with Gasteiger partial charge in [0.05, 0.1) is 12.6 Å². The van der Waals surface area contributed by atoms with Gasteiger partial charge in [-0.2, -0.15) is 0 Å². The van der Waals surface area contributed by atoms with Crippen molar-refractivity contribution < 1.29 is 17.5 Å². The normalized spacial score (nSPS) is 19.6. The number of aliphatic hydroxyl groups excluding tert-OH is 1. The van der Waals surface area contributed by atoms with Crippen LogP contribution in [0.4, 0.5) is 0 Å². The molecule has 3 nitrogen and oxygen atoms in total. The molecule has 1 aliphatic carbocycles. The Morgan fingerprint density at radius 2 is 1.69 bits per heavy atom. The summed E-state index contributed by atoms with van der Waals surface area (Å²) in [4.78, 5) is 2.47. The van der Waals surface area contributed by atoms with Gasteiger partial charge in [-0.25, -0.2) is 0 Å². The second-order valence-electron chi connectivity index (χ2n) is 8.13. The van der Waals surface area contributed by atoms with E-state index in [1.807, 2.05) is 0 Å². The third-order valence-corrected chi connectivity index (χ3v) is 6.09. The fourth-order valence-electron chi connectivity index (χ4n) is 4.84. The van der Waals surface area contributed by atoms with E-state index < -0.39 is 0 Å². The van der Waals surface area contributed by atoms with Crippen LogP contribution in [-0.2, 0) is 19.4 Å². The van der Waals surface area contributed by atoms with Gasteiger partial charge < -0.3 is 27.0 Å². The van der Waals surface area contributed by atoms with Crippen LogP contribution in [0.5, 0.6) is 0 Å². The summed E-state index contributed by atoms with van der Waals surface area (Å²) in [6.45, 7) is 6.05. The van der Waals surface area contributed by atoms with E-state index >= 15 is 0 Å². The molecule has 2 aromatic rings. The van der Waals surface area contributed by atoms with Gasteiger partial charge >= 0.3 is 0 Å². The zero-order chi connectivity index (χ0) is 17.2. The number of hydrogen-bond acceptors (Lipinski definition) is 2. The number of aliphatic hydroxyl groups is 1. The zero-order valence-corrected chi connectivity index (χ0v) is 16.8. The van der Waals surface area contributed by atoms with Crippen molar-refractivity contribution in [3.63, 3.8) is 0 Å². The quantitative estimate of drug-likeness (QED) is 0.865. The smallest absolute Gasteiger partial charge is 0.0845 e. The second kappa shape index (κ2) is 8.77. The lowest BCUT2D eigenvalue weighted by atomic mass is 9.95. The number of aromatic nitrogens is 1. The maximum absolute atomic E-state index is 10.8. The van der Waals surface area contributed by atoms with Crippen LogP contribution in [0.15, 0.2) is 18.2 Å². The second-order valence-corrected chi connectivity index (χ2v) is 8.13. The Kier molecular flexibility index (Phi) is 6.65. The summed E-state index contributed by atoms with van der Waals surface area (Å²) in [5.41, 5.74) is 5.70. The summed E-state index contributed by atoms with van der Waals surface area (Å²) in [5, 5.41) is 12.2. The third-order valence-electron chi connectivity index (χ3n) is 6.09.